The van der Waals surface area contributed by atoms with E-state index in [0.717, 1.165) is 21.7 Å². The van der Waals surface area contributed by atoms with Crippen LogP contribution in [0.15, 0.2) is 28.7 Å². The van der Waals surface area contributed by atoms with E-state index in [0.29, 0.717) is 4.90 Å². The van der Waals surface area contributed by atoms with Crippen LogP contribution in [0.5, 0.6) is 0 Å². The van der Waals surface area contributed by atoms with Gasteiger partial charge in [-0.05, 0) is 37.1 Å². The molecule has 0 aliphatic heterocycles. The summed E-state index contributed by atoms with van der Waals surface area (Å²) in [6, 6.07) is 3.66. The molecule has 0 unspecified atom stereocenters. The standard InChI is InChI=1S/C13H17N3O2S2/c1-9-4-11(14-3)5-10(2)13(9)20(17,18)16-7-12-6-15-8-19-12/h4-6,8,14,16H,7H2,1-3H3. The Kier molecular flexibility index (Phi) is 4.42. The molecule has 0 saturated heterocycles. The number of aromatic nitrogens is 1. The summed E-state index contributed by atoms with van der Waals surface area (Å²) in [5, 5.41) is 3.02. The first-order valence-electron chi connectivity index (χ1n) is 6.10. The summed E-state index contributed by atoms with van der Waals surface area (Å²) in [6.45, 7) is 3.86. The van der Waals surface area contributed by atoms with Crippen LogP contribution in [0.1, 0.15) is 16.0 Å². The van der Waals surface area contributed by atoms with Gasteiger partial charge in [-0.2, -0.15) is 0 Å². The first kappa shape index (κ1) is 15.0. The van der Waals surface area contributed by atoms with Gasteiger partial charge in [0.2, 0.25) is 10.0 Å². The van der Waals surface area contributed by atoms with Gasteiger partial charge in [0.1, 0.15) is 0 Å². The highest BCUT2D eigenvalue weighted by Crippen LogP contribution is 2.24. The van der Waals surface area contributed by atoms with E-state index in [-0.39, 0.29) is 6.54 Å². The zero-order valence-electron chi connectivity index (χ0n) is 11.6. The van der Waals surface area contributed by atoms with Gasteiger partial charge in [0, 0.05) is 30.4 Å². The van der Waals surface area contributed by atoms with Gasteiger partial charge < -0.3 is 5.32 Å². The van der Waals surface area contributed by atoms with Crippen LogP contribution >= 0.6 is 11.3 Å². The molecule has 0 aliphatic carbocycles. The number of hydrogen-bond acceptors (Lipinski definition) is 5. The normalized spacial score (nSPS) is 11.6. The van der Waals surface area contributed by atoms with Gasteiger partial charge in [0.15, 0.2) is 0 Å². The summed E-state index contributed by atoms with van der Waals surface area (Å²) in [6.07, 6.45) is 1.66. The van der Waals surface area contributed by atoms with Crippen molar-refractivity contribution < 1.29 is 8.42 Å². The van der Waals surface area contributed by atoms with Crippen LogP contribution in [0, 0.1) is 13.8 Å². The average molecular weight is 311 g/mol. The summed E-state index contributed by atoms with van der Waals surface area (Å²) in [4.78, 5) is 5.16. The topological polar surface area (TPSA) is 71.1 Å². The summed E-state index contributed by atoms with van der Waals surface area (Å²) >= 11 is 1.43. The minimum absolute atomic E-state index is 0.264. The molecule has 0 atom stereocenters. The lowest BCUT2D eigenvalue weighted by molar-refractivity contribution is 0.580. The van der Waals surface area contributed by atoms with Gasteiger partial charge in [-0.1, -0.05) is 0 Å². The quantitative estimate of drug-likeness (QED) is 0.888. The summed E-state index contributed by atoms with van der Waals surface area (Å²) in [5.41, 5.74) is 4.04. The Morgan fingerprint density at radius 1 is 1.25 bits per heavy atom. The Balaban J connectivity index is 2.29. The molecule has 0 radical (unpaired) electrons. The van der Waals surface area contributed by atoms with Crippen molar-refractivity contribution in [2.75, 3.05) is 12.4 Å². The lowest BCUT2D eigenvalue weighted by Gasteiger charge is -2.13. The maximum Gasteiger partial charge on any atom is 0.241 e. The third-order valence-electron chi connectivity index (χ3n) is 2.94. The molecule has 0 spiro atoms. The van der Waals surface area contributed by atoms with Gasteiger partial charge in [0.05, 0.1) is 10.4 Å². The summed E-state index contributed by atoms with van der Waals surface area (Å²) < 4.78 is 27.5. The molecule has 0 bridgehead atoms. The molecule has 2 N–H and O–H groups in total. The summed E-state index contributed by atoms with van der Waals surface area (Å²) in [5.74, 6) is 0. The molecule has 2 rings (SSSR count). The Bertz CT molecular complexity index is 671. The molecule has 0 amide bonds. The van der Waals surface area contributed by atoms with E-state index in [4.69, 9.17) is 0 Å². The minimum atomic E-state index is -3.52. The summed E-state index contributed by atoms with van der Waals surface area (Å²) in [7, 11) is -1.71. The van der Waals surface area contributed by atoms with Crippen molar-refractivity contribution in [2.45, 2.75) is 25.3 Å². The van der Waals surface area contributed by atoms with E-state index >= 15 is 0 Å². The monoisotopic (exact) mass is 311 g/mol. The third-order valence-corrected chi connectivity index (χ3v) is 5.42. The second-order valence-corrected chi connectivity index (χ2v) is 7.16. The number of nitrogens with zero attached hydrogens (tertiary/aromatic N) is 1. The fourth-order valence-electron chi connectivity index (χ4n) is 2.09. The van der Waals surface area contributed by atoms with E-state index in [1.54, 1.807) is 25.6 Å². The largest absolute Gasteiger partial charge is 0.388 e. The van der Waals surface area contributed by atoms with Crippen molar-refractivity contribution in [3.05, 3.63) is 39.8 Å². The average Bonchev–Trinajstić information content (AvgIpc) is 2.88. The van der Waals surface area contributed by atoms with Crippen LogP contribution in [0.2, 0.25) is 0 Å². The van der Waals surface area contributed by atoms with Crippen LogP contribution in [0.3, 0.4) is 0 Å². The molecule has 2 aromatic rings. The molecule has 1 aromatic carbocycles. The zero-order valence-corrected chi connectivity index (χ0v) is 13.2. The molecule has 108 valence electrons. The maximum absolute atomic E-state index is 12.4. The minimum Gasteiger partial charge on any atom is -0.388 e. The highest BCUT2D eigenvalue weighted by atomic mass is 32.2. The molecule has 0 aliphatic rings. The molecule has 1 aromatic heterocycles. The number of nitrogens with one attached hydrogen (secondary N) is 2. The van der Waals surface area contributed by atoms with Gasteiger partial charge in [-0.3, -0.25) is 4.98 Å². The Hall–Kier alpha value is -1.44. The smallest absolute Gasteiger partial charge is 0.241 e. The Morgan fingerprint density at radius 3 is 2.40 bits per heavy atom. The number of sulfonamides is 1. The van der Waals surface area contributed by atoms with Crippen molar-refractivity contribution in [1.82, 2.24) is 9.71 Å². The van der Waals surface area contributed by atoms with Crippen LogP contribution in [-0.4, -0.2) is 20.4 Å². The Labute approximate surface area is 123 Å². The van der Waals surface area contributed by atoms with Crippen molar-refractivity contribution in [2.24, 2.45) is 0 Å². The molecule has 5 nitrogen and oxygen atoms in total. The van der Waals surface area contributed by atoms with Crippen LogP contribution in [0.4, 0.5) is 5.69 Å². The first-order chi connectivity index (χ1) is 9.44. The van der Waals surface area contributed by atoms with Crippen molar-refractivity contribution in [3.8, 4) is 0 Å². The number of aryl methyl sites for hydroxylation is 2. The van der Waals surface area contributed by atoms with Gasteiger partial charge in [-0.25, -0.2) is 13.1 Å². The third kappa shape index (κ3) is 3.17. The van der Waals surface area contributed by atoms with Crippen molar-refractivity contribution >= 4 is 27.0 Å². The highest BCUT2D eigenvalue weighted by Gasteiger charge is 2.20. The first-order valence-corrected chi connectivity index (χ1v) is 8.46. The zero-order chi connectivity index (χ0) is 14.8. The van der Waals surface area contributed by atoms with Crippen molar-refractivity contribution in [1.29, 1.82) is 0 Å². The number of rotatable bonds is 5. The van der Waals surface area contributed by atoms with Crippen LogP contribution in [-0.2, 0) is 16.6 Å². The second-order valence-electron chi connectivity index (χ2n) is 4.48. The van der Waals surface area contributed by atoms with E-state index in [9.17, 15) is 8.42 Å². The predicted octanol–water partition coefficient (Wildman–Crippen LogP) is 2.28. The lowest BCUT2D eigenvalue weighted by atomic mass is 10.1. The maximum atomic E-state index is 12.4. The second kappa shape index (κ2) is 5.90. The van der Waals surface area contributed by atoms with Crippen LogP contribution < -0.4 is 10.0 Å². The number of anilines is 1. The van der Waals surface area contributed by atoms with E-state index in [2.05, 4.69) is 15.0 Å². The van der Waals surface area contributed by atoms with Crippen molar-refractivity contribution in [3.63, 3.8) is 0 Å². The van der Waals surface area contributed by atoms with Crippen LogP contribution in [0.25, 0.3) is 0 Å². The highest BCUT2D eigenvalue weighted by molar-refractivity contribution is 7.89. The van der Waals surface area contributed by atoms with Gasteiger partial charge >= 0.3 is 0 Å². The molecular weight excluding hydrogens is 294 g/mol. The molecule has 0 fully saturated rings. The molecule has 7 heteroatoms. The fourth-order valence-corrected chi connectivity index (χ4v) is 4.17. The number of hydrogen-bond donors (Lipinski definition) is 2. The Morgan fingerprint density at radius 2 is 1.90 bits per heavy atom. The van der Waals surface area contributed by atoms with Gasteiger partial charge in [-0.15, -0.1) is 11.3 Å². The molecule has 0 saturated carbocycles. The molecule has 20 heavy (non-hydrogen) atoms. The van der Waals surface area contributed by atoms with E-state index < -0.39 is 10.0 Å². The fraction of sp³-hybridized carbons (Fsp3) is 0.308. The van der Waals surface area contributed by atoms with E-state index in [1.807, 2.05) is 19.2 Å². The van der Waals surface area contributed by atoms with E-state index in [1.165, 1.54) is 11.3 Å². The number of thiazole rings is 1. The number of benzene rings is 1. The molecular formula is C13H17N3O2S2. The predicted molar refractivity (Wildman–Crippen MR) is 81.6 cm³/mol. The molecule has 1 heterocycles. The lowest BCUT2D eigenvalue weighted by Crippen LogP contribution is -2.24. The van der Waals surface area contributed by atoms with Gasteiger partial charge in [0.25, 0.3) is 0 Å². The SMILES string of the molecule is CNc1cc(C)c(S(=O)(=O)NCc2cncs2)c(C)c1.